The van der Waals surface area contributed by atoms with Gasteiger partial charge in [0.25, 0.3) is 0 Å². The standard InChI is InChI=1S/C18H21N3O2/c1-22-16-9-8-13(10-17(16)23-2)20-18(19)21-15-11-14(15)12-6-4-3-5-7-12/h3-10,14-15H,11H2,1-2H3,(H3,19,20,21). The van der Waals surface area contributed by atoms with Crippen molar-refractivity contribution in [1.82, 2.24) is 0 Å². The average molecular weight is 311 g/mol. The molecular weight excluding hydrogens is 290 g/mol. The number of anilines is 1. The number of nitrogens with one attached hydrogen (secondary N) is 1. The van der Waals surface area contributed by atoms with Gasteiger partial charge in [-0.1, -0.05) is 30.3 Å². The van der Waals surface area contributed by atoms with Crippen molar-refractivity contribution >= 4 is 11.6 Å². The zero-order valence-electron chi connectivity index (χ0n) is 13.3. The summed E-state index contributed by atoms with van der Waals surface area (Å²) in [7, 11) is 3.21. The second-order valence-electron chi connectivity index (χ2n) is 5.53. The van der Waals surface area contributed by atoms with Crippen molar-refractivity contribution in [1.29, 1.82) is 0 Å². The van der Waals surface area contributed by atoms with Crippen LogP contribution in [0.15, 0.2) is 53.5 Å². The third-order valence-electron chi connectivity index (χ3n) is 3.95. The molecule has 0 amide bonds. The van der Waals surface area contributed by atoms with Crippen molar-refractivity contribution in [3.63, 3.8) is 0 Å². The number of nitrogens with two attached hydrogens (primary N) is 1. The molecule has 1 fully saturated rings. The number of guanidine groups is 1. The Labute approximate surface area is 136 Å². The van der Waals surface area contributed by atoms with Gasteiger partial charge in [-0.25, -0.2) is 4.99 Å². The van der Waals surface area contributed by atoms with Crippen molar-refractivity contribution in [2.45, 2.75) is 18.4 Å². The Balaban J connectivity index is 1.65. The summed E-state index contributed by atoms with van der Waals surface area (Å²) in [5.41, 5.74) is 8.16. The lowest BCUT2D eigenvalue weighted by atomic mass is 10.1. The molecular formula is C18H21N3O2. The first-order valence-corrected chi connectivity index (χ1v) is 7.58. The van der Waals surface area contributed by atoms with E-state index in [0.29, 0.717) is 23.4 Å². The summed E-state index contributed by atoms with van der Waals surface area (Å²) in [5.74, 6) is 2.22. The zero-order valence-corrected chi connectivity index (χ0v) is 13.3. The van der Waals surface area contributed by atoms with Crippen LogP contribution in [-0.2, 0) is 0 Å². The summed E-state index contributed by atoms with van der Waals surface area (Å²) >= 11 is 0. The minimum Gasteiger partial charge on any atom is -0.493 e. The predicted octanol–water partition coefficient (Wildman–Crippen LogP) is 2.99. The lowest BCUT2D eigenvalue weighted by molar-refractivity contribution is 0.355. The molecule has 2 atom stereocenters. The Morgan fingerprint density at radius 1 is 1.09 bits per heavy atom. The minimum atomic E-state index is 0.255. The lowest BCUT2D eigenvalue weighted by Crippen LogP contribution is -2.23. The quantitative estimate of drug-likeness (QED) is 0.658. The Morgan fingerprint density at radius 2 is 1.83 bits per heavy atom. The number of hydrogen-bond acceptors (Lipinski definition) is 3. The summed E-state index contributed by atoms with van der Waals surface area (Å²) in [6.07, 6.45) is 1.04. The predicted molar refractivity (Wildman–Crippen MR) is 92.4 cm³/mol. The molecule has 120 valence electrons. The highest BCUT2D eigenvalue weighted by Gasteiger charge is 2.38. The van der Waals surface area contributed by atoms with Gasteiger partial charge in [0.05, 0.1) is 20.3 Å². The van der Waals surface area contributed by atoms with E-state index >= 15 is 0 Å². The number of aliphatic imine (C=N–C) groups is 1. The van der Waals surface area contributed by atoms with E-state index in [4.69, 9.17) is 15.2 Å². The Kier molecular flexibility index (Phi) is 4.37. The first-order chi connectivity index (χ1) is 11.2. The van der Waals surface area contributed by atoms with Crippen LogP contribution in [0, 0.1) is 0 Å². The first-order valence-electron chi connectivity index (χ1n) is 7.58. The number of hydrogen-bond donors (Lipinski definition) is 2. The molecule has 0 bridgehead atoms. The van der Waals surface area contributed by atoms with Crippen molar-refractivity contribution < 1.29 is 9.47 Å². The SMILES string of the molecule is COc1ccc(NC(N)=NC2CC2c2ccccc2)cc1OC. The second kappa shape index (κ2) is 6.60. The molecule has 5 nitrogen and oxygen atoms in total. The molecule has 23 heavy (non-hydrogen) atoms. The van der Waals surface area contributed by atoms with Crippen LogP contribution in [0.1, 0.15) is 17.9 Å². The van der Waals surface area contributed by atoms with Gasteiger partial charge < -0.3 is 20.5 Å². The van der Waals surface area contributed by atoms with Gasteiger partial charge in [-0.05, 0) is 24.1 Å². The van der Waals surface area contributed by atoms with E-state index in [-0.39, 0.29) is 6.04 Å². The van der Waals surface area contributed by atoms with Crippen LogP contribution in [0.3, 0.4) is 0 Å². The maximum absolute atomic E-state index is 6.02. The third kappa shape index (κ3) is 3.56. The molecule has 2 aromatic carbocycles. The van der Waals surface area contributed by atoms with Crippen LogP contribution in [0.25, 0.3) is 0 Å². The molecule has 3 N–H and O–H groups in total. The van der Waals surface area contributed by atoms with E-state index in [9.17, 15) is 0 Å². The van der Waals surface area contributed by atoms with Gasteiger partial charge in [0.1, 0.15) is 0 Å². The van der Waals surface area contributed by atoms with Gasteiger partial charge in [0.2, 0.25) is 0 Å². The number of rotatable bonds is 5. The summed E-state index contributed by atoms with van der Waals surface area (Å²) < 4.78 is 10.5. The molecule has 1 aliphatic rings. The third-order valence-corrected chi connectivity index (χ3v) is 3.95. The van der Waals surface area contributed by atoms with Gasteiger partial charge in [-0.15, -0.1) is 0 Å². The summed E-state index contributed by atoms with van der Waals surface area (Å²) in [6, 6.07) is 16.2. The van der Waals surface area contributed by atoms with E-state index in [0.717, 1.165) is 12.1 Å². The Bertz CT molecular complexity index is 701. The normalized spacial score (nSPS) is 20.0. The van der Waals surface area contributed by atoms with Crippen LogP contribution in [0.2, 0.25) is 0 Å². The van der Waals surface area contributed by atoms with Gasteiger partial charge >= 0.3 is 0 Å². The molecule has 3 rings (SSSR count). The molecule has 1 saturated carbocycles. The minimum absolute atomic E-state index is 0.255. The molecule has 0 heterocycles. The summed E-state index contributed by atoms with van der Waals surface area (Å²) in [6.45, 7) is 0. The maximum Gasteiger partial charge on any atom is 0.193 e. The molecule has 0 aromatic heterocycles. The number of ether oxygens (including phenoxy) is 2. The maximum atomic E-state index is 6.02. The smallest absolute Gasteiger partial charge is 0.193 e. The summed E-state index contributed by atoms with van der Waals surface area (Å²) in [4.78, 5) is 4.55. The molecule has 2 unspecified atom stereocenters. The van der Waals surface area contributed by atoms with Crippen LogP contribution in [0.4, 0.5) is 5.69 Å². The molecule has 5 heteroatoms. The van der Waals surface area contributed by atoms with Crippen LogP contribution < -0.4 is 20.5 Å². The molecule has 2 aromatic rings. The lowest BCUT2D eigenvalue weighted by Gasteiger charge is -2.10. The first kappa shape index (κ1) is 15.2. The van der Waals surface area contributed by atoms with Gasteiger partial charge in [0.15, 0.2) is 17.5 Å². The Hall–Kier alpha value is -2.69. The summed E-state index contributed by atoms with van der Waals surface area (Å²) in [5, 5.41) is 3.10. The van der Waals surface area contributed by atoms with Crippen molar-refractivity contribution in [3.05, 3.63) is 54.1 Å². The molecule has 0 spiro atoms. The highest BCUT2D eigenvalue weighted by molar-refractivity contribution is 5.92. The molecule has 0 radical (unpaired) electrons. The van der Waals surface area contributed by atoms with Gasteiger partial charge in [-0.3, -0.25) is 0 Å². The largest absolute Gasteiger partial charge is 0.493 e. The van der Waals surface area contributed by atoms with E-state index in [1.807, 2.05) is 24.3 Å². The zero-order chi connectivity index (χ0) is 16.2. The molecule has 0 saturated heterocycles. The highest BCUT2D eigenvalue weighted by Crippen LogP contribution is 2.43. The fourth-order valence-corrected chi connectivity index (χ4v) is 2.66. The second-order valence-corrected chi connectivity index (χ2v) is 5.53. The van der Waals surface area contributed by atoms with Crippen molar-refractivity contribution in [2.24, 2.45) is 10.7 Å². The van der Waals surface area contributed by atoms with Crippen LogP contribution >= 0.6 is 0 Å². The van der Waals surface area contributed by atoms with Gasteiger partial charge in [0, 0.05) is 17.7 Å². The van der Waals surface area contributed by atoms with E-state index in [1.54, 1.807) is 14.2 Å². The van der Waals surface area contributed by atoms with Crippen LogP contribution in [0.5, 0.6) is 11.5 Å². The van der Waals surface area contributed by atoms with Crippen molar-refractivity contribution in [3.8, 4) is 11.5 Å². The monoisotopic (exact) mass is 311 g/mol. The van der Waals surface area contributed by atoms with E-state index < -0.39 is 0 Å². The molecule has 0 aliphatic heterocycles. The van der Waals surface area contributed by atoms with E-state index in [1.165, 1.54) is 5.56 Å². The topological polar surface area (TPSA) is 68.9 Å². The highest BCUT2D eigenvalue weighted by atomic mass is 16.5. The van der Waals surface area contributed by atoms with Gasteiger partial charge in [-0.2, -0.15) is 0 Å². The number of nitrogens with zero attached hydrogens (tertiary/aromatic N) is 1. The number of benzene rings is 2. The fraction of sp³-hybridized carbons (Fsp3) is 0.278. The Morgan fingerprint density at radius 3 is 2.52 bits per heavy atom. The van der Waals surface area contributed by atoms with Crippen LogP contribution in [-0.4, -0.2) is 26.2 Å². The van der Waals surface area contributed by atoms with Crippen molar-refractivity contribution in [2.75, 3.05) is 19.5 Å². The average Bonchev–Trinajstić information content (AvgIpc) is 3.34. The fourth-order valence-electron chi connectivity index (χ4n) is 2.66. The van der Waals surface area contributed by atoms with E-state index in [2.05, 4.69) is 34.6 Å². The number of methoxy groups -OCH3 is 2. The molecule has 1 aliphatic carbocycles.